The Morgan fingerprint density at radius 3 is 2.84 bits per heavy atom. The zero-order valence-electron chi connectivity index (χ0n) is 12.6. The molecule has 0 spiro atoms. The molecule has 0 fully saturated rings. The summed E-state index contributed by atoms with van der Waals surface area (Å²) in [6.07, 6.45) is 1.36. The predicted molar refractivity (Wildman–Crippen MR) is 91.6 cm³/mol. The standard InChI is InChI=1S/C16H11ClFN5O2/c17-13-7-2-1-4-10(13)9-19-23-16(25)14(21-22-23)15(24)20-12-6-3-5-11(18)8-12/h1-9,22H,(H,20,24). The Hall–Kier alpha value is -3.26. The molecule has 2 aromatic carbocycles. The number of carbonyl (C=O) groups excluding carboxylic acids is 1. The summed E-state index contributed by atoms with van der Waals surface area (Å²) in [7, 11) is 0. The average molecular weight is 360 g/mol. The third-order valence-electron chi connectivity index (χ3n) is 3.17. The number of hydrogen-bond acceptors (Lipinski definition) is 4. The fourth-order valence-corrected chi connectivity index (χ4v) is 2.16. The zero-order valence-corrected chi connectivity index (χ0v) is 13.4. The Morgan fingerprint density at radius 2 is 2.08 bits per heavy atom. The number of benzene rings is 2. The Morgan fingerprint density at radius 1 is 1.28 bits per heavy atom. The number of carbonyl (C=O) groups is 1. The Balaban J connectivity index is 1.80. The molecule has 1 amide bonds. The number of halogens is 2. The molecule has 1 aromatic heterocycles. The zero-order chi connectivity index (χ0) is 17.8. The topological polar surface area (TPSA) is 92.1 Å². The Kier molecular flexibility index (Phi) is 4.71. The number of nitrogens with one attached hydrogen (secondary N) is 2. The summed E-state index contributed by atoms with van der Waals surface area (Å²) in [5.74, 6) is -1.29. The molecule has 7 nitrogen and oxygen atoms in total. The summed E-state index contributed by atoms with van der Waals surface area (Å²) < 4.78 is 13.1. The molecule has 9 heteroatoms. The highest BCUT2D eigenvalue weighted by Gasteiger charge is 2.17. The maximum atomic E-state index is 13.1. The summed E-state index contributed by atoms with van der Waals surface area (Å²) in [6, 6.07) is 12.2. The van der Waals surface area contributed by atoms with E-state index in [-0.39, 0.29) is 5.69 Å². The van der Waals surface area contributed by atoms with Crippen molar-refractivity contribution in [2.24, 2.45) is 5.10 Å². The number of H-pyrrole nitrogens is 1. The van der Waals surface area contributed by atoms with E-state index in [1.807, 2.05) is 0 Å². The number of amides is 1. The van der Waals surface area contributed by atoms with Crippen LogP contribution in [0.4, 0.5) is 10.1 Å². The number of aromatic amines is 1. The van der Waals surface area contributed by atoms with Crippen molar-refractivity contribution in [3.63, 3.8) is 0 Å². The van der Waals surface area contributed by atoms with Gasteiger partial charge in [-0.25, -0.2) is 4.39 Å². The lowest BCUT2D eigenvalue weighted by molar-refractivity contribution is 0.102. The second-order valence-electron chi connectivity index (χ2n) is 4.91. The molecule has 0 aliphatic carbocycles. The minimum atomic E-state index is -0.779. The Bertz CT molecular complexity index is 1010. The largest absolute Gasteiger partial charge is 0.320 e. The monoisotopic (exact) mass is 359 g/mol. The van der Waals surface area contributed by atoms with Crippen molar-refractivity contribution in [2.45, 2.75) is 0 Å². The van der Waals surface area contributed by atoms with Crippen LogP contribution in [0.15, 0.2) is 58.4 Å². The van der Waals surface area contributed by atoms with Crippen molar-refractivity contribution >= 4 is 29.4 Å². The van der Waals surface area contributed by atoms with Gasteiger partial charge < -0.3 is 5.32 Å². The normalized spacial score (nSPS) is 11.0. The highest BCUT2D eigenvalue weighted by atomic mass is 35.5. The molecule has 126 valence electrons. The summed E-state index contributed by atoms with van der Waals surface area (Å²) in [5.41, 5.74) is -0.354. The maximum Gasteiger partial charge on any atom is 0.320 e. The van der Waals surface area contributed by atoms with Gasteiger partial charge in [-0.2, -0.15) is 10.3 Å². The van der Waals surface area contributed by atoms with E-state index in [1.54, 1.807) is 24.3 Å². The minimum Gasteiger partial charge on any atom is -0.320 e. The van der Waals surface area contributed by atoms with Crippen LogP contribution in [0.3, 0.4) is 0 Å². The van der Waals surface area contributed by atoms with Crippen LogP contribution in [-0.4, -0.2) is 27.2 Å². The summed E-state index contributed by atoms with van der Waals surface area (Å²) in [6.45, 7) is 0. The first kappa shape index (κ1) is 16.6. The van der Waals surface area contributed by atoms with Crippen molar-refractivity contribution in [3.05, 3.63) is 81.0 Å². The minimum absolute atomic E-state index is 0.207. The molecule has 0 atom stereocenters. The summed E-state index contributed by atoms with van der Waals surface area (Å²) in [5, 5.41) is 12.7. The van der Waals surface area contributed by atoms with Crippen LogP contribution in [0, 0.1) is 5.82 Å². The van der Waals surface area contributed by atoms with Crippen LogP contribution in [0.1, 0.15) is 16.1 Å². The first-order chi connectivity index (χ1) is 12.0. The predicted octanol–water partition coefficient (Wildman–Crippen LogP) is 2.50. The highest BCUT2D eigenvalue weighted by Crippen LogP contribution is 2.12. The average Bonchev–Trinajstić information content (AvgIpc) is 2.95. The molecule has 3 aromatic rings. The van der Waals surface area contributed by atoms with Gasteiger partial charge in [-0.05, 0) is 24.3 Å². The van der Waals surface area contributed by atoms with Gasteiger partial charge in [0.1, 0.15) is 5.82 Å². The second-order valence-corrected chi connectivity index (χ2v) is 5.32. The van der Waals surface area contributed by atoms with Crippen LogP contribution in [0.25, 0.3) is 0 Å². The van der Waals surface area contributed by atoms with Gasteiger partial charge in [-0.15, -0.1) is 9.89 Å². The molecule has 2 N–H and O–H groups in total. The molecule has 0 saturated heterocycles. The molecular formula is C16H11ClFN5O2. The third-order valence-corrected chi connectivity index (χ3v) is 3.51. The number of anilines is 1. The molecular weight excluding hydrogens is 349 g/mol. The van der Waals surface area contributed by atoms with E-state index in [1.165, 1.54) is 24.4 Å². The lowest BCUT2D eigenvalue weighted by Gasteiger charge is -2.01. The SMILES string of the molecule is O=C(Nc1cccc(F)c1)c1n[nH]n(N=Cc2ccccc2Cl)c1=O. The number of nitrogens with zero attached hydrogens (tertiary/aromatic N) is 3. The van der Waals surface area contributed by atoms with Crippen LogP contribution < -0.4 is 10.9 Å². The summed E-state index contributed by atoms with van der Waals surface area (Å²) in [4.78, 5) is 25.0. The van der Waals surface area contributed by atoms with E-state index in [2.05, 4.69) is 20.7 Å². The van der Waals surface area contributed by atoms with E-state index in [0.717, 1.165) is 10.9 Å². The lowest BCUT2D eigenvalue weighted by Crippen LogP contribution is -2.23. The quantitative estimate of drug-likeness (QED) is 0.701. The van der Waals surface area contributed by atoms with E-state index < -0.39 is 23.0 Å². The fourth-order valence-electron chi connectivity index (χ4n) is 1.97. The lowest BCUT2D eigenvalue weighted by atomic mass is 10.2. The van der Waals surface area contributed by atoms with Crippen molar-refractivity contribution in [3.8, 4) is 0 Å². The third kappa shape index (κ3) is 3.81. The van der Waals surface area contributed by atoms with Crippen molar-refractivity contribution in [2.75, 3.05) is 5.32 Å². The van der Waals surface area contributed by atoms with Gasteiger partial charge in [0, 0.05) is 16.3 Å². The number of rotatable bonds is 4. The van der Waals surface area contributed by atoms with E-state index >= 15 is 0 Å². The van der Waals surface area contributed by atoms with Crippen LogP contribution in [0.5, 0.6) is 0 Å². The molecule has 0 aliphatic heterocycles. The van der Waals surface area contributed by atoms with E-state index in [0.29, 0.717) is 10.6 Å². The van der Waals surface area contributed by atoms with Gasteiger partial charge in [-0.3, -0.25) is 9.59 Å². The smallest absolute Gasteiger partial charge is 0.320 e. The fraction of sp³-hybridized carbons (Fsp3) is 0. The van der Waals surface area contributed by atoms with Crippen LogP contribution in [-0.2, 0) is 0 Å². The Labute approximate surface area is 145 Å². The van der Waals surface area contributed by atoms with Gasteiger partial charge in [-0.1, -0.05) is 35.9 Å². The number of hydrogen-bond donors (Lipinski definition) is 2. The molecule has 25 heavy (non-hydrogen) atoms. The van der Waals surface area contributed by atoms with E-state index in [9.17, 15) is 14.0 Å². The van der Waals surface area contributed by atoms with Crippen LogP contribution >= 0.6 is 11.6 Å². The molecule has 0 radical (unpaired) electrons. The van der Waals surface area contributed by atoms with Gasteiger partial charge in [0.2, 0.25) is 5.69 Å². The molecule has 3 rings (SSSR count). The first-order valence-corrected chi connectivity index (χ1v) is 7.45. The van der Waals surface area contributed by atoms with Crippen LogP contribution in [0.2, 0.25) is 5.02 Å². The van der Waals surface area contributed by atoms with Gasteiger partial charge in [0.25, 0.3) is 5.91 Å². The van der Waals surface area contributed by atoms with Gasteiger partial charge in [0.15, 0.2) is 0 Å². The highest BCUT2D eigenvalue weighted by molar-refractivity contribution is 6.33. The first-order valence-electron chi connectivity index (χ1n) is 7.08. The van der Waals surface area contributed by atoms with Crippen molar-refractivity contribution < 1.29 is 9.18 Å². The van der Waals surface area contributed by atoms with Crippen molar-refractivity contribution in [1.29, 1.82) is 0 Å². The molecule has 0 aliphatic rings. The summed E-state index contributed by atoms with van der Waals surface area (Å²) >= 11 is 5.99. The van der Waals surface area contributed by atoms with Gasteiger partial charge in [0.05, 0.1) is 6.21 Å². The maximum absolute atomic E-state index is 13.1. The molecule has 0 unspecified atom stereocenters. The second kappa shape index (κ2) is 7.10. The number of aromatic nitrogens is 3. The van der Waals surface area contributed by atoms with E-state index in [4.69, 9.17) is 11.6 Å². The van der Waals surface area contributed by atoms with Gasteiger partial charge >= 0.3 is 5.56 Å². The molecule has 0 saturated carbocycles. The molecule has 0 bridgehead atoms. The molecule has 1 heterocycles. The van der Waals surface area contributed by atoms with Crippen molar-refractivity contribution in [1.82, 2.24) is 15.1 Å².